The summed E-state index contributed by atoms with van der Waals surface area (Å²) in [6.45, 7) is 0.846. The fourth-order valence-corrected chi connectivity index (χ4v) is 2.30. The summed E-state index contributed by atoms with van der Waals surface area (Å²) in [7, 11) is 1.78. The van der Waals surface area contributed by atoms with Crippen LogP contribution in [0.5, 0.6) is 0 Å². The Morgan fingerprint density at radius 3 is 2.53 bits per heavy atom. The fraction of sp³-hybridized carbons (Fsp3) is 0.462. The van der Waals surface area contributed by atoms with E-state index in [1.165, 1.54) is 4.90 Å². The summed E-state index contributed by atoms with van der Waals surface area (Å²) < 4.78 is 39.9. The lowest BCUT2D eigenvalue weighted by molar-refractivity contribution is 0.0688. The summed E-state index contributed by atoms with van der Waals surface area (Å²) in [6.07, 6.45) is 1.68. The number of carbonyl (C=O) groups is 1. The Morgan fingerprint density at radius 1 is 1.32 bits per heavy atom. The molecule has 1 N–H and O–H groups in total. The molecule has 1 aliphatic rings. The number of halogens is 3. The summed E-state index contributed by atoms with van der Waals surface area (Å²) in [5, 5.41) is 3.04. The maximum Gasteiger partial charge on any atom is 0.259 e. The molecule has 1 heterocycles. The minimum absolute atomic E-state index is 0.115. The predicted molar refractivity (Wildman–Crippen MR) is 64.3 cm³/mol. The topological polar surface area (TPSA) is 32.3 Å². The molecule has 0 aromatic heterocycles. The van der Waals surface area contributed by atoms with Gasteiger partial charge in [-0.3, -0.25) is 4.79 Å². The molecule has 2 rings (SSSR count). The zero-order valence-electron chi connectivity index (χ0n) is 10.5. The lowest BCUT2D eigenvalue weighted by Crippen LogP contribution is -2.47. The van der Waals surface area contributed by atoms with Crippen molar-refractivity contribution in [3.05, 3.63) is 35.1 Å². The summed E-state index contributed by atoms with van der Waals surface area (Å²) in [5.74, 6) is -4.07. The molecule has 0 radical (unpaired) electrons. The first kappa shape index (κ1) is 13.9. The molecule has 1 aromatic rings. The number of benzene rings is 1. The second-order valence-corrected chi connectivity index (χ2v) is 4.62. The summed E-state index contributed by atoms with van der Waals surface area (Å²) >= 11 is 0. The number of amides is 1. The first-order valence-corrected chi connectivity index (χ1v) is 6.14. The van der Waals surface area contributed by atoms with Gasteiger partial charge in [-0.05, 0) is 19.9 Å². The molecule has 19 heavy (non-hydrogen) atoms. The van der Waals surface area contributed by atoms with Crippen LogP contribution >= 0.6 is 0 Å². The molecule has 1 aliphatic heterocycles. The van der Waals surface area contributed by atoms with E-state index >= 15 is 0 Å². The van der Waals surface area contributed by atoms with Gasteiger partial charge in [0.2, 0.25) is 0 Å². The van der Waals surface area contributed by atoms with Crippen molar-refractivity contribution in [2.45, 2.75) is 18.9 Å². The molecule has 6 heteroatoms. The second-order valence-electron chi connectivity index (χ2n) is 4.62. The van der Waals surface area contributed by atoms with Crippen LogP contribution in [-0.2, 0) is 0 Å². The second kappa shape index (κ2) is 5.61. The van der Waals surface area contributed by atoms with Crippen LogP contribution in [0, 0.1) is 17.5 Å². The number of likely N-dealkylation sites (tertiary alicyclic amines) is 1. The normalized spacial score (nSPS) is 19.6. The van der Waals surface area contributed by atoms with Crippen molar-refractivity contribution >= 4 is 5.91 Å². The summed E-state index contributed by atoms with van der Waals surface area (Å²) in [6, 6.07) is 1.16. The first-order valence-electron chi connectivity index (χ1n) is 6.14. The molecule has 3 nitrogen and oxygen atoms in total. The Bertz CT molecular complexity index is 470. The number of likely N-dealkylation sites (N-methyl/N-ethyl adjacent to an activating group) is 1. The highest BCUT2D eigenvalue weighted by atomic mass is 19.1. The van der Waals surface area contributed by atoms with E-state index in [1.807, 2.05) is 0 Å². The zero-order valence-corrected chi connectivity index (χ0v) is 10.5. The molecule has 1 fully saturated rings. The highest BCUT2D eigenvalue weighted by molar-refractivity contribution is 5.94. The molecule has 1 aromatic carbocycles. The summed E-state index contributed by atoms with van der Waals surface area (Å²) in [4.78, 5) is 13.5. The van der Waals surface area contributed by atoms with Crippen LogP contribution in [0.4, 0.5) is 13.2 Å². The lowest BCUT2D eigenvalue weighted by Gasteiger charge is -2.32. The maximum atomic E-state index is 13.6. The molecule has 0 bridgehead atoms. The highest BCUT2D eigenvalue weighted by Gasteiger charge is 2.28. The van der Waals surface area contributed by atoms with E-state index < -0.39 is 28.9 Å². The lowest BCUT2D eigenvalue weighted by atomic mass is 10.0. The average molecular weight is 272 g/mol. The first-order chi connectivity index (χ1) is 9.02. The fourth-order valence-electron chi connectivity index (χ4n) is 2.30. The minimum atomic E-state index is -1.16. The van der Waals surface area contributed by atoms with Gasteiger partial charge < -0.3 is 10.2 Å². The van der Waals surface area contributed by atoms with Gasteiger partial charge in [-0.1, -0.05) is 0 Å². The zero-order chi connectivity index (χ0) is 14.0. The van der Waals surface area contributed by atoms with E-state index in [9.17, 15) is 18.0 Å². The van der Waals surface area contributed by atoms with Gasteiger partial charge in [-0.25, -0.2) is 13.2 Å². The van der Waals surface area contributed by atoms with Crippen molar-refractivity contribution < 1.29 is 18.0 Å². The third kappa shape index (κ3) is 2.89. The number of carbonyl (C=O) groups excluding carboxylic acids is 1. The number of hydrogen-bond acceptors (Lipinski definition) is 2. The van der Waals surface area contributed by atoms with Crippen molar-refractivity contribution in [2.75, 3.05) is 20.1 Å². The van der Waals surface area contributed by atoms with Crippen molar-refractivity contribution in [1.29, 1.82) is 0 Å². The van der Waals surface area contributed by atoms with Gasteiger partial charge in [-0.2, -0.15) is 0 Å². The molecule has 1 atom stereocenters. The van der Waals surface area contributed by atoms with Crippen LogP contribution in [0.25, 0.3) is 0 Å². The van der Waals surface area contributed by atoms with Gasteiger partial charge in [0, 0.05) is 31.3 Å². The highest BCUT2D eigenvalue weighted by Crippen LogP contribution is 2.19. The van der Waals surface area contributed by atoms with Crippen LogP contribution in [0.1, 0.15) is 23.2 Å². The molecular weight excluding hydrogens is 257 g/mol. The van der Waals surface area contributed by atoms with Crippen molar-refractivity contribution in [1.82, 2.24) is 10.2 Å². The Balaban J connectivity index is 2.24. The van der Waals surface area contributed by atoms with Crippen molar-refractivity contribution in [3.8, 4) is 0 Å². The van der Waals surface area contributed by atoms with Gasteiger partial charge in [0.25, 0.3) is 5.91 Å². The quantitative estimate of drug-likeness (QED) is 0.892. The van der Waals surface area contributed by atoms with Crippen molar-refractivity contribution in [3.63, 3.8) is 0 Å². The largest absolute Gasteiger partial charge is 0.337 e. The monoisotopic (exact) mass is 272 g/mol. The standard InChI is InChI=1S/C13H15F3N2O/c1-17-9-3-2-4-18(7-9)13(19)12-10(15)5-8(14)6-11(12)16/h5-6,9,17H,2-4,7H2,1H3. The molecule has 104 valence electrons. The van der Waals surface area contributed by atoms with E-state index in [2.05, 4.69) is 5.32 Å². The van der Waals surface area contributed by atoms with Crippen LogP contribution in [0.15, 0.2) is 12.1 Å². The Hall–Kier alpha value is -1.56. The SMILES string of the molecule is CNC1CCCN(C(=O)c2c(F)cc(F)cc2F)C1. The molecule has 1 unspecified atom stereocenters. The van der Waals surface area contributed by atoms with Gasteiger partial charge in [0.05, 0.1) is 0 Å². The van der Waals surface area contributed by atoms with E-state index in [0.29, 0.717) is 25.2 Å². The van der Waals surface area contributed by atoms with Gasteiger partial charge in [0.15, 0.2) is 0 Å². The molecular formula is C13H15F3N2O. The van der Waals surface area contributed by atoms with Crippen LogP contribution in [0.3, 0.4) is 0 Å². The molecule has 1 amide bonds. The third-order valence-corrected chi connectivity index (χ3v) is 3.34. The number of nitrogens with one attached hydrogen (secondary N) is 1. The Kier molecular flexibility index (Phi) is 4.09. The number of piperidine rings is 1. The number of rotatable bonds is 2. The maximum absolute atomic E-state index is 13.6. The van der Waals surface area contributed by atoms with Crippen LogP contribution in [0.2, 0.25) is 0 Å². The van der Waals surface area contributed by atoms with E-state index in [0.717, 1.165) is 12.8 Å². The van der Waals surface area contributed by atoms with Gasteiger partial charge >= 0.3 is 0 Å². The van der Waals surface area contributed by atoms with E-state index in [-0.39, 0.29) is 6.04 Å². The molecule has 0 spiro atoms. The Labute approximate surface area is 109 Å². The smallest absolute Gasteiger partial charge is 0.259 e. The van der Waals surface area contributed by atoms with Gasteiger partial charge in [-0.15, -0.1) is 0 Å². The van der Waals surface area contributed by atoms with Crippen LogP contribution in [-0.4, -0.2) is 37.0 Å². The molecule has 1 saturated heterocycles. The summed E-state index contributed by atoms with van der Waals surface area (Å²) in [5.41, 5.74) is -0.682. The van der Waals surface area contributed by atoms with E-state index in [4.69, 9.17) is 0 Å². The molecule has 0 saturated carbocycles. The third-order valence-electron chi connectivity index (χ3n) is 3.34. The minimum Gasteiger partial charge on any atom is -0.337 e. The number of nitrogens with zero attached hydrogens (tertiary/aromatic N) is 1. The van der Waals surface area contributed by atoms with Crippen LogP contribution < -0.4 is 5.32 Å². The number of hydrogen-bond donors (Lipinski definition) is 1. The Morgan fingerprint density at radius 2 is 1.95 bits per heavy atom. The van der Waals surface area contributed by atoms with Crippen molar-refractivity contribution in [2.24, 2.45) is 0 Å². The predicted octanol–water partition coefficient (Wildman–Crippen LogP) is 1.93. The van der Waals surface area contributed by atoms with Gasteiger partial charge in [0.1, 0.15) is 23.0 Å². The molecule has 0 aliphatic carbocycles. The average Bonchev–Trinajstić information content (AvgIpc) is 2.37. The van der Waals surface area contributed by atoms with E-state index in [1.54, 1.807) is 7.05 Å².